The van der Waals surface area contributed by atoms with E-state index in [1.54, 1.807) is 19.2 Å². The fourth-order valence-electron chi connectivity index (χ4n) is 3.79. The third-order valence-electron chi connectivity index (χ3n) is 5.25. The molecule has 0 radical (unpaired) electrons. The zero-order chi connectivity index (χ0) is 20.0. The first-order chi connectivity index (χ1) is 13.4. The van der Waals surface area contributed by atoms with Crippen LogP contribution < -0.4 is 4.74 Å². The highest BCUT2D eigenvalue weighted by Gasteiger charge is 2.31. The average molecular weight is 390 g/mol. The normalized spacial score (nSPS) is 20.4. The van der Waals surface area contributed by atoms with Gasteiger partial charge in [-0.3, -0.25) is 0 Å². The van der Waals surface area contributed by atoms with Crippen molar-refractivity contribution in [2.45, 2.75) is 38.0 Å². The van der Waals surface area contributed by atoms with E-state index < -0.39 is 6.36 Å². The van der Waals surface area contributed by atoms with E-state index >= 15 is 0 Å². The van der Waals surface area contributed by atoms with Crippen LogP contribution in [0.25, 0.3) is 11.1 Å². The Labute approximate surface area is 164 Å². The molecule has 0 heterocycles. The van der Waals surface area contributed by atoms with Crippen LogP contribution in [0.3, 0.4) is 0 Å². The molecule has 2 nitrogen and oxygen atoms in total. The zero-order valence-corrected chi connectivity index (χ0v) is 15.9. The molecule has 150 valence electrons. The minimum absolute atomic E-state index is 0.204. The number of ether oxygens (including phenoxy) is 2. The zero-order valence-electron chi connectivity index (χ0n) is 15.9. The number of benzene rings is 2. The highest BCUT2D eigenvalue weighted by molar-refractivity contribution is 5.64. The van der Waals surface area contributed by atoms with Crippen molar-refractivity contribution >= 4 is 0 Å². The summed E-state index contributed by atoms with van der Waals surface area (Å²) >= 11 is 0. The summed E-state index contributed by atoms with van der Waals surface area (Å²) in [5.74, 6) is 1.01. The van der Waals surface area contributed by atoms with E-state index in [1.165, 1.54) is 43.4 Å². The summed E-state index contributed by atoms with van der Waals surface area (Å²) in [7, 11) is 1.70. The molecule has 0 saturated heterocycles. The molecule has 0 bridgehead atoms. The lowest BCUT2D eigenvalue weighted by atomic mass is 9.78. The number of rotatable bonds is 6. The van der Waals surface area contributed by atoms with Gasteiger partial charge in [-0.2, -0.15) is 0 Å². The third kappa shape index (κ3) is 5.86. The number of methoxy groups -OCH3 is 1. The Bertz CT molecular complexity index is 756. The van der Waals surface area contributed by atoms with Gasteiger partial charge < -0.3 is 9.47 Å². The van der Waals surface area contributed by atoms with Gasteiger partial charge in [0.15, 0.2) is 0 Å². The van der Waals surface area contributed by atoms with Crippen LogP contribution in [0.15, 0.2) is 60.7 Å². The van der Waals surface area contributed by atoms with Crippen LogP contribution in [0.1, 0.15) is 37.2 Å². The SMILES string of the molecule is COCC=C[C@H]1CC[C@H](c2ccc(-c3ccc(OC(F)(F)F)cc3)cc2)CC1. The minimum atomic E-state index is -4.66. The van der Waals surface area contributed by atoms with Crippen molar-refractivity contribution in [3.8, 4) is 16.9 Å². The Morgan fingerprint density at radius 1 is 0.893 bits per heavy atom. The van der Waals surface area contributed by atoms with Crippen LogP contribution in [0.4, 0.5) is 13.2 Å². The van der Waals surface area contributed by atoms with Crippen molar-refractivity contribution in [1.29, 1.82) is 0 Å². The first-order valence-corrected chi connectivity index (χ1v) is 9.56. The number of halogens is 3. The van der Waals surface area contributed by atoms with Gasteiger partial charge in [0.1, 0.15) is 5.75 Å². The average Bonchev–Trinajstić information content (AvgIpc) is 2.68. The van der Waals surface area contributed by atoms with Gasteiger partial charge in [-0.1, -0.05) is 48.6 Å². The highest BCUT2D eigenvalue weighted by Crippen LogP contribution is 2.37. The van der Waals surface area contributed by atoms with Crippen molar-refractivity contribution in [3.05, 3.63) is 66.2 Å². The van der Waals surface area contributed by atoms with Gasteiger partial charge in [-0.25, -0.2) is 0 Å². The van der Waals surface area contributed by atoms with E-state index in [0.717, 1.165) is 11.1 Å². The first-order valence-electron chi connectivity index (χ1n) is 9.56. The molecule has 5 heteroatoms. The van der Waals surface area contributed by atoms with E-state index in [-0.39, 0.29) is 5.75 Å². The maximum atomic E-state index is 12.3. The Kier molecular flexibility index (Phi) is 6.79. The minimum Gasteiger partial charge on any atom is -0.406 e. The van der Waals surface area contributed by atoms with Gasteiger partial charge in [-0.15, -0.1) is 13.2 Å². The van der Waals surface area contributed by atoms with E-state index in [4.69, 9.17) is 4.74 Å². The molecular formula is C23H25F3O2. The topological polar surface area (TPSA) is 18.5 Å². The summed E-state index contributed by atoms with van der Waals surface area (Å²) in [5, 5.41) is 0. The predicted molar refractivity (Wildman–Crippen MR) is 104 cm³/mol. The molecule has 3 rings (SSSR count). The lowest BCUT2D eigenvalue weighted by Gasteiger charge is -2.27. The van der Waals surface area contributed by atoms with E-state index in [1.807, 2.05) is 12.1 Å². The molecular weight excluding hydrogens is 365 g/mol. The summed E-state index contributed by atoms with van der Waals surface area (Å²) in [4.78, 5) is 0. The monoisotopic (exact) mass is 390 g/mol. The van der Waals surface area contributed by atoms with Crippen LogP contribution in [0.2, 0.25) is 0 Å². The summed E-state index contributed by atoms with van der Waals surface area (Å²) in [6, 6.07) is 14.3. The van der Waals surface area contributed by atoms with Crippen LogP contribution in [0.5, 0.6) is 5.75 Å². The number of hydrogen-bond acceptors (Lipinski definition) is 2. The highest BCUT2D eigenvalue weighted by atomic mass is 19.4. The summed E-state index contributed by atoms with van der Waals surface area (Å²) in [6.07, 6.45) is 4.43. The molecule has 0 spiro atoms. The van der Waals surface area contributed by atoms with Crippen molar-refractivity contribution in [2.24, 2.45) is 5.92 Å². The van der Waals surface area contributed by atoms with Gasteiger partial charge in [0.25, 0.3) is 0 Å². The second-order valence-electron chi connectivity index (χ2n) is 7.19. The van der Waals surface area contributed by atoms with Crippen molar-refractivity contribution in [2.75, 3.05) is 13.7 Å². The van der Waals surface area contributed by atoms with E-state index in [9.17, 15) is 13.2 Å². The van der Waals surface area contributed by atoms with E-state index in [0.29, 0.717) is 18.4 Å². The van der Waals surface area contributed by atoms with Crippen molar-refractivity contribution in [1.82, 2.24) is 0 Å². The Morgan fingerprint density at radius 2 is 1.46 bits per heavy atom. The molecule has 1 fully saturated rings. The van der Waals surface area contributed by atoms with Gasteiger partial charge in [0, 0.05) is 7.11 Å². The predicted octanol–water partition coefficient (Wildman–Crippen LogP) is 6.73. The first kappa shape index (κ1) is 20.5. The molecule has 0 aliphatic heterocycles. The smallest absolute Gasteiger partial charge is 0.406 e. The summed E-state index contributed by atoms with van der Waals surface area (Å²) in [5.41, 5.74) is 3.19. The molecule has 0 aromatic heterocycles. The molecule has 0 amide bonds. The van der Waals surface area contributed by atoms with Crippen LogP contribution in [-0.4, -0.2) is 20.1 Å². The van der Waals surface area contributed by atoms with E-state index in [2.05, 4.69) is 29.0 Å². The molecule has 2 aromatic carbocycles. The maximum absolute atomic E-state index is 12.3. The maximum Gasteiger partial charge on any atom is 0.573 e. The second-order valence-corrected chi connectivity index (χ2v) is 7.19. The third-order valence-corrected chi connectivity index (χ3v) is 5.25. The molecule has 0 unspecified atom stereocenters. The standard InChI is InChI=1S/C23H25F3O2/c1-27-16-2-3-17-4-6-18(7-5-17)19-8-10-20(11-9-19)21-12-14-22(15-13-21)28-23(24,25)26/h2-3,8-15,17-18H,4-7,16H2,1H3/t17-,18-. The number of hydrogen-bond donors (Lipinski definition) is 0. The second kappa shape index (κ2) is 9.28. The van der Waals surface area contributed by atoms with Gasteiger partial charge in [0.2, 0.25) is 0 Å². The van der Waals surface area contributed by atoms with Gasteiger partial charge in [0.05, 0.1) is 6.61 Å². The molecule has 2 aromatic rings. The largest absolute Gasteiger partial charge is 0.573 e. The van der Waals surface area contributed by atoms with Crippen LogP contribution in [-0.2, 0) is 4.74 Å². The van der Waals surface area contributed by atoms with Crippen molar-refractivity contribution < 1.29 is 22.6 Å². The van der Waals surface area contributed by atoms with Gasteiger partial charge in [-0.05, 0) is 66.3 Å². The molecule has 0 N–H and O–H groups in total. The fraction of sp³-hybridized carbons (Fsp3) is 0.391. The summed E-state index contributed by atoms with van der Waals surface area (Å²) < 4.78 is 45.7. The molecule has 1 aliphatic rings. The molecule has 0 atom stereocenters. The lowest BCUT2D eigenvalue weighted by Crippen LogP contribution is -2.16. The molecule has 1 aliphatic carbocycles. The Balaban J connectivity index is 1.58. The Morgan fingerprint density at radius 3 is 2.00 bits per heavy atom. The van der Waals surface area contributed by atoms with Crippen molar-refractivity contribution in [3.63, 3.8) is 0 Å². The lowest BCUT2D eigenvalue weighted by molar-refractivity contribution is -0.274. The fourth-order valence-corrected chi connectivity index (χ4v) is 3.79. The van der Waals surface area contributed by atoms with Crippen LogP contribution >= 0.6 is 0 Å². The van der Waals surface area contributed by atoms with Crippen LogP contribution in [0, 0.1) is 5.92 Å². The molecule has 1 saturated carbocycles. The quantitative estimate of drug-likeness (QED) is 0.509. The molecule has 28 heavy (non-hydrogen) atoms. The number of alkyl halides is 3. The summed E-state index contributed by atoms with van der Waals surface area (Å²) in [6.45, 7) is 0.671. The Hall–Kier alpha value is -2.27. The van der Waals surface area contributed by atoms with Gasteiger partial charge >= 0.3 is 6.36 Å². The number of allylic oxidation sites excluding steroid dienone is 1.